The van der Waals surface area contributed by atoms with Crippen LogP contribution in [0.1, 0.15) is 31.6 Å². The van der Waals surface area contributed by atoms with Crippen LogP contribution in [0.4, 0.5) is 4.79 Å². The molecule has 0 atom stereocenters. The van der Waals surface area contributed by atoms with Crippen LogP contribution in [-0.4, -0.2) is 45.3 Å². The zero-order chi connectivity index (χ0) is 15.5. The molecular formula is C15H21N5O2. The number of hydrogen-bond acceptors (Lipinski definition) is 4. The van der Waals surface area contributed by atoms with Crippen LogP contribution in [0.2, 0.25) is 0 Å². The average Bonchev–Trinajstić information content (AvgIpc) is 3.16. The predicted octanol–water partition coefficient (Wildman–Crippen LogP) is 1.98. The topological polar surface area (TPSA) is 76.2 Å². The van der Waals surface area contributed by atoms with E-state index in [0.29, 0.717) is 18.3 Å². The molecule has 0 aliphatic carbocycles. The molecule has 22 heavy (non-hydrogen) atoms. The summed E-state index contributed by atoms with van der Waals surface area (Å²) in [5.74, 6) is 1.52. The SMILES string of the molecule is CCNC(=O)N1CCC(c2nc(-c3cccn3C)no2)CC1. The second kappa shape index (κ2) is 6.21. The Morgan fingerprint density at radius 1 is 1.45 bits per heavy atom. The van der Waals surface area contributed by atoms with Crippen molar-refractivity contribution >= 4 is 6.03 Å². The number of piperidine rings is 1. The van der Waals surface area contributed by atoms with E-state index in [1.54, 1.807) is 0 Å². The Balaban J connectivity index is 1.64. The minimum Gasteiger partial charge on any atom is -0.348 e. The molecule has 1 aliphatic heterocycles. The van der Waals surface area contributed by atoms with Crippen molar-refractivity contribution < 1.29 is 9.32 Å². The number of likely N-dealkylation sites (tertiary alicyclic amines) is 1. The van der Waals surface area contributed by atoms with E-state index < -0.39 is 0 Å². The minimum absolute atomic E-state index is 0.0102. The summed E-state index contributed by atoms with van der Waals surface area (Å²) >= 11 is 0. The van der Waals surface area contributed by atoms with Crippen LogP contribution in [0.25, 0.3) is 11.5 Å². The molecule has 1 N–H and O–H groups in total. The van der Waals surface area contributed by atoms with Crippen molar-refractivity contribution in [1.82, 2.24) is 24.9 Å². The number of nitrogens with zero attached hydrogens (tertiary/aromatic N) is 4. The fraction of sp³-hybridized carbons (Fsp3) is 0.533. The van der Waals surface area contributed by atoms with Gasteiger partial charge in [0, 0.05) is 38.8 Å². The summed E-state index contributed by atoms with van der Waals surface area (Å²) in [4.78, 5) is 18.2. The number of aryl methyl sites for hydroxylation is 1. The van der Waals surface area contributed by atoms with E-state index in [-0.39, 0.29) is 11.9 Å². The van der Waals surface area contributed by atoms with Gasteiger partial charge in [0.05, 0.1) is 5.69 Å². The molecule has 2 aromatic rings. The number of carbonyl (C=O) groups excluding carboxylic acids is 1. The van der Waals surface area contributed by atoms with Gasteiger partial charge in [0.2, 0.25) is 11.7 Å². The van der Waals surface area contributed by atoms with Crippen LogP contribution >= 0.6 is 0 Å². The van der Waals surface area contributed by atoms with Crippen LogP contribution in [0.3, 0.4) is 0 Å². The van der Waals surface area contributed by atoms with Gasteiger partial charge in [0.1, 0.15) is 0 Å². The van der Waals surface area contributed by atoms with Crippen LogP contribution < -0.4 is 5.32 Å². The molecular weight excluding hydrogens is 282 g/mol. The van der Waals surface area contributed by atoms with E-state index in [1.165, 1.54) is 0 Å². The lowest BCUT2D eigenvalue weighted by atomic mass is 9.97. The smallest absolute Gasteiger partial charge is 0.317 e. The highest BCUT2D eigenvalue weighted by atomic mass is 16.5. The molecule has 3 heterocycles. The second-order valence-electron chi connectivity index (χ2n) is 5.56. The monoisotopic (exact) mass is 303 g/mol. The first-order chi connectivity index (χ1) is 10.7. The van der Waals surface area contributed by atoms with E-state index in [0.717, 1.165) is 31.6 Å². The Hall–Kier alpha value is -2.31. The molecule has 1 aliphatic rings. The van der Waals surface area contributed by atoms with Gasteiger partial charge in [-0.3, -0.25) is 0 Å². The molecule has 2 aromatic heterocycles. The van der Waals surface area contributed by atoms with Crippen LogP contribution in [-0.2, 0) is 7.05 Å². The number of hydrogen-bond donors (Lipinski definition) is 1. The molecule has 0 bridgehead atoms. The molecule has 0 unspecified atom stereocenters. The fourth-order valence-electron chi connectivity index (χ4n) is 2.79. The Morgan fingerprint density at radius 3 is 2.86 bits per heavy atom. The zero-order valence-electron chi connectivity index (χ0n) is 13.0. The molecule has 2 amide bonds. The molecule has 7 heteroatoms. The van der Waals surface area contributed by atoms with Crippen LogP contribution in [0.5, 0.6) is 0 Å². The third-order valence-electron chi connectivity index (χ3n) is 4.07. The number of aromatic nitrogens is 3. The molecule has 0 spiro atoms. The summed E-state index contributed by atoms with van der Waals surface area (Å²) in [5, 5.41) is 6.91. The number of urea groups is 1. The van der Waals surface area contributed by atoms with Gasteiger partial charge in [-0.2, -0.15) is 4.98 Å². The first-order valence-electron chi connectivity index (χ1n) is 7.67. The van der Waals surface area contributed by atoms with Gasteiger partial charge >= 0.3 is 6.03 Å². The maximum absolute atomic E-state index is 11.8. The van der Waals surface area contributed by atoms with Gasteiger partial charge in [-0.15, -0.1) is 0 Å². The zero-order valence-corrected chi connectivity index (χ0v) is 13.0. The van der Waals surface area contributed by atoms with Gasteiger partial charge in [-0.25, -0.2) is 4.79 Å². The lowest BCUT2D eigenvalue weighted by Crippen LogP contribution is -2.44. The molecule has 0 aromatic carbocycles. The summed E-state index contributed by atoms with van der Waals surface area (Å²) in [5.41, 5.74) is 0.940. The quantitative estimate of drug-likeness (QED) is 0.940. The van der Waals surface area contributed by atoms with Crippen molar-refractivity contribution in [2.45, 2.75) is 25.7 Å². The number of rotatable bonds is 3. The average molecular weight is 303 g/mol. The first-order valence-corrected chi connectivity index (χ1v) is 7.67. The maximum atomic E-state index is 11.8. The summed E-state index contributed by atoms with van der Waals surface area (Å²) in [6.07, 6.45) is 3.66. The largest absolute Gasteiger partial charge is 0.348 e. The van der Waals surface area contributed by atoms with Crippen molar-refractivity contribution in [2.24, 2.45) is 7.05 Å². The molecule has 0 saturated carbocycles. The van der Waals surface area contributed by atoms with Crippen molar-refractivity contribution in [2.75, 3.05) is 19.6 Å². The van der Waals surface area contributed by atoms with E-state index in [4.69, 9.17) is 4.52 Å². The normalized spacial score (nSPS) is 16.0. The van der Waals surface area contributed by atoms with Crippen molar-refractivity contribution in [3.05, 3.63) is 24.2 Å². The first kappa shape index (κ1) is 14.6. The molecule has 1 saturated heterocycles. The fourth-order valence-corrected chi connectivity index (χ4v) is 2.79. The highest BCUT2D eigenvalue weighted by Crippen LogP contribution is 2.28. The predicted molar refractivity (Wildman–Crippen MR) is 81.3 cm³/mol. The molecule has 118 valence electrons. The molecule has 1 fully saturated rings. The van der Waals surface area contributed by atoms with Gasteiger partial charge in [-0.05, 0) is 31.9 Å². The van der Waals surface area contributed by atoms with Gasteiger partial charge in [0.25, 0.3) is 0 Å². The standard InChI is InChI=1S/C15H21N5O2/c1-3-16-15(21)20-9-6-11(7-10-20)14-17-13(18-22-14)12-5-4-8-19(12)2/h4-5,8,11H,3,6-7,9-10H2,1-2H3,(H,16,21). The van der Waals surface area contributed by atoms with Crippen LogP contribution in [0, 0.1) is 0 Å². The summed E-state index contributed by atoms with van der Waals surface area (Å²) in [6.45, 7) is 4.02. The van der Waals surface area contributed by atoms with E-state index in [1.807, 2.05) is 41.8 Å². The lowest BCUT2D eigenvalue weighted by Gasteiger charge is -2.30. The molecule has 3 rings (SSSR count). The van der Waals surface area contributed by atoms with Crippen molar-refractivity contribution in [3.8, 4) is 11.5 Å². The Labute approximate surface area is 129 Å². The second-order valence-corrected chi connectivity index (χ2v) is 5.56. The minimum atomic E-state index is 0.0102. The lowest BCUT2D eigenvalue weighted by molar-refractivity contribution is 0.176. The van der Waals surface area contributed by atoms with Gasteiger partial charge < -0.3 is 19.3 Å². The number of amides is 2. The van der Waals surface area contributed by atoms with Crippen molar-refractivity contribution in [3.63, 3.8) is 0 Å². The number of nitrogens with one attached hydrogen (secondary N) is 1. The Morgan fingerprint density at radius 2 is 2.23 bits per heavy atom. The number of carbonyl (C=O) groups is 1. The maximum Gasteiger partial charge on any atom is 0.317 e. The third-order valence-corrected chi connectivity index (χ3v) is 4.07. The Bertz CT molecular complexity index is 640. The molecule has 0 radical (unpaired) electrons. The summed E-state index contributed by atoms with van der Waals surface area (Å²) < 4.78 is 7.40. The highest BCUT2D eigenvalue weighted by Gasteiger charge is 2.27. The molecule has 7 nitrogen and oxygen atoms in total. The summed E-state index contributed by atoms with van der Waals surface area (Å²) in [7, 11) is 1.95. The summed E-state index contributed by atoms with van der Waals surface area (Å²) in [6, 6.07) is 3.93. The van der Waals surface area contributed by atoms with E-state index in [9.17, 15) is 4.79 Å². The highest BCUT2D eigenvalue weighted by molar-refractivity contribution is 5.74. The Kier molecular flexibility index (Phi) is 4.13. The van der Waals surface area contributed by atoms with Gasteiger partial charge in [0.15, 0.2) is 0 Å². The van der Waals surface area contributed by atoms with Crippen LogP contribution in [0.15, 0.2) is 22.9 Å². The van der Waals surface area contributed by atoms with Gasteiger partial charge in [-0.1, -0.05) is 5.16 Å². The van der Waals surface area contributed by atoms with Crippen molar-refractivity contribution in [1.29, 1.82) is 0 Å². The van der Waals surface area contributed by atoms with E-state index in [2.05, 4.69) is 15.5 Å². The third kappa shape index (κ3) is 2.84. The van der Waals surface area contributed by atoms with E-state index >= 15 is 0 Å².